The Morgan fingerprint density at radius 2 is 1.63 bits per heavy atom. The molecule has 7 nitrogen and oxygen atoms in total. The molecule has 1 aliphatic rings. The van der Waals surface area contributed by atoms with Crippen molar-refractivity contribution >= 4 is 15.7 Å². The van der Waals surface area contributed by atoms with E-state index in [1.807, 2.05) is 18.2 Å². The first kappa shape index (κ1) is 19.5. The van der Waals surface area contributed by atoms with Gasteiger partial charge >= 0.3 is 0 Å². The maximum atomic E-state index is 12.8. The molecule has 1 aliphatic heterocycles. The van der Waals surface area contributed by atoms with Gasteiger partial charge in [-0.05, 0) is 18.5 Å². The second kappa shape index (κ2) is 8.60. The number of rotatable bonds is 6. The van der Waals surface area contributed by atoms with Crippen LogP contribution in [0.4, 0.5) is 5.69 Å². The Morgan fingerprint density at radius 3 is 2.37 bits per heavy atom. The van der Waals surface area contributed by atoms with Gasteiger partial charge in [0.2, 0.25) is 10.0 Å². The monoisotopic (exact) mass is 389 g/mol. The molecule has 0 saturated carbocycles. The summed E-state index contributed by atoms with van der Waals surface area (Å²) in [5, 5.41) is 11.1. The van der Waals surface area contributed by atoms with Gasteiger partial charge in [0.15, 0.2) is 0 Å². The minimum absolute atomic E-state index is 0.151. The van der Waals surface area contributed by atoms with Gasteiger partial charge in [0.25, 0.3) is 5.69 Å². The van der Waals surface area contributed by atoms with Crippen LogP contribution < -0.4 is 0 Å². The highest BCUT2D eigenvalue weighted by Crippen LogP contribution is 2.22. The third-order valence-corrected chi connectivity index (χ3v) is 6.54. The largest absolute Gasteiger partial charge is 0.298 e. The zero-order chi connectivity index (χ0) is 19.3. The lowest BCUT2D eigenvalue weighted by atomic mass is 10.2. The molecule has 144 valence electrons. The van der Waals surface area contributed by atoms with E-state index in [0.29, 0.717) is 19.6 Å². The van der Waals surface area contributed by atoms with Crippen molar-refractivity contribution in [3.63, 3.8) is 0 Å². The van der Waals surface area contributed by atoms with E-state index in [-0.39, 0.29) is 17.0 Å². The molecule has 27 heavy (non-hydrogen) atoms. The summed E-state index contributed by atoms with van der Waals surface area (Å²) < 4.78 is 27.1. The molecule has 2 aromatic carbocycles. The molecule has 0 spiro atoms. The summed E-state index contributed by atoms with van der Waals surface area (Å²) in [6.45, 7) is 3.10. The van der Waals surface area contributed by atoms with Crippen molar-refractivity contribution in [1.82, 2.24) is 9.21 Å². The van der Waals surface area contributed by atoms with Crippen LogP contribution >= 0.6 is 0 Å². The van der Waals surface area contributed by atoms with E-state index in [2.05, 4.69) is 17.0 Å². The standard InChI is InChI=1S/C19H23N3O4S/c23-22(24)19-10-5-4-9-18(19)16-27(25,26)21-12-6-11-20(13-14-21)15-17-7-2-1-3-8-17/h1-5,7-10H,6,11-16H2. The summed E-state index contributed by atoms with van der Waals surface area (Å²) in [6.07, 6.45) is 0.739. The zero-order valence-corrected chi connectivity index (χ0v) is 15.8. The van der Waals surface area contributed by atoms with Crippen LogP contribution in [0.2, 0.25) is 0 Å². The van der Waals surface area contributed by atoms with Gasteiger partial charge in [0.05, 0.1) is 10.7 Å². The Hall–Kier alpha value is -2.29. The average Bonchev–Trinajstić information content (AvgIpc) is 2.89. The number of nitro benzene ring substituents is 1. The summed E-state index contributed by atoms with van der Waals surface area (Å²) in [4.78, 5) is 12.9. The third kappa shape index (κ3) is 5.12. The molecule has 0 bridgehead atoms. The first-order chi connectivity index (χ1) is 13.0. The van der Waals surface area contributed by atoms with Crippen LogP contribution in [0.1, 0.15) is 17.5 Å². The van der Waals surface area contributed by atoms with Gasteiger partial charge in [0.1, 0.15) is 0 Å². The van der Waals surface area contributed by atoms with Gasteiger partial charge in [-0.15, -0.1) is 0 Å². The molecule has 0 aliphatic carbocycles. The maximum Gasteiger partial charge on any atom is 0.273 e. The Bertz CT molecular complexity index is 887. The Balaban J connectivity index is 1.66. The molecule has 3 rings (SSSR count). The number of hydrogen-bond donors (Lipinski definition) is 0. The van der Waals surface area contributed by atoms with Crippen LogP contribution in [-0.2, 0) is 22.3 Å². The van der Waals surface area contributed by atoms with Crippen LogP contribution in [-0.4, -0.2) is 48.7 Å². The molecule has 2 aromatic rings. The predicted octanol–water partition coefficient (Wildman–Crippen LogP) is 2.63. The summed E-state index contributed by atoms with van der Waals surface area (Å²) in [6, 6.07) is 16.1. The van der Waals surface area contributed by atoms with E-state index in [1.165, 1.54) is 22.0 Å². The van der Waals surface area contributed by atoms with Crippen LogP contribution in [0.5, 0.6) is 0 Å². The normalized spacial score (nSPS) is 16.7. The zero-order valence-electron chi connectivity index (χ0n) is 15.0. The second-order valence-corrected chi connectivity index (χ2v) is 8.63. The molecule has 0 atom stereocenters. The molecule has 0 unspecified atom stereocenters. The Morgan fingerprint density at radius 1 is 0.926 bits per heavy atom. The van der Waals surface area contributed by atoms with E-state index in [9.17, 15) is 18.5 Å². The molecule has 0 radical (unpaired) electrons. The molecule has 0 aromatic heterocycles. The Labute approximate surface area is 159 Å². The highest BCUT2D eigenvalue weighted by molar-refractivity contribution is 7.88. The fourth-order valence-electron chi connectivity index (χ4n) is 3.32. The predicted molar refractivity (Wildman–Crippen MR) is 104 cm³/mol. The minimum Gasteiger partial charge on any atom is -0.298 e. The third-order valence-electron chi connectivity index (χ3n) is 4.72. The number of nitro groups is 1. The van der Waals surface area contributed by atoms with Crippen molar-refractivity contribution in [2.24, 2.45) is 0 Å². The number of hydrogen-bond acceptors (Lipinski definition) is 5. The van der Waals surface area contributed by atoms with E-state index in [4.69, 9.17) is 0 Å². The number of para-hydroxylation sites is 1. The first-order valence-corrected chi connectivity index (χ1v) is 10.5. The quantitative estimate of drug-likeness (QED) is 0.560. The number of nitrogens with zero attached hydrogens (tertiary/aromatic N) is 3. The minimum atomic E-state index is -3.61. The molecule has 8 heteroatoms. The SMILES string of the molecule is O=[N+]([O-])c1ccccc1CS(=O)(=O)N1CCCN(Cc2ccccc2)CC1. The lowest BCUT2D eigenvalue weighted by molar-refractivity contribution is -0.385. The van der Waals surface area contributed by atoms with Gasteiger partial charge in [-0.3, -0.25) is 15.0 Å². The lowest BCUT2D eigenvalue weighted by Crippen LogP contribution is -2.36. The van der Waals surface area contributed by atoms with Crippen molar-refractivity contribution in [2.75, 3.05) is 26.2 Å². The van der Waals surface area contributed by atoms with Crippen LogP contribution in [0.15, 0.2) is 54.6 Å². The molecule has 1 heterocycles. The smallest absolute Gasteiger partial charge is 0.273 e. The average molecular weight is 389 g/mol. The summed E-state index contributed by atoms with van der Waals surface area (Å²) in [7, 11) is -3.61. The highest BCUT2D eigenvalue weighted by Gasteiger charge is 2.28. The fraction of sp³-hybridized carbons (Fsp3) is 0.368. The lowest BCUT2D eigenvalue weighted by Gasteiger charge is -2.21. The molecule has 1 fully saturated rings. The Kier molecular flexibility index (Phi) is 6.20. The van der Waals surface area contributed by atoms with E-state index in [1.54, 1.807) is 12.1 Å². The summed E-state index contributed by atoms with van der Waals surface area (Å²) in [5.74, 6) is -0.344. The fourth-order valence-corrected chi connectivity index (χ4v) is 4.91. The van der Waals surface area contributed by atoms with Gasteiger partial charge in [-0.25, -0.2) is 12.7 Å². The highest BCUT2D eigenvalue weighted by atomic mass is 32.2. The van der Waals surface area contributed by atoms with Gasteiger partial charge in [-0.1, -0.05) is 48.5 Å². The van der Waals surface area contributed by atoms with Crippen LogP contribution in [0.25, 0.3) is 0 Å². The van der Waals surface area contributed by atoms with E-state index >= 15 is 0 Å². The van der Waals surface area contributed by atoms with Crippen LogP contribution in [0, 0.1) is 10.1 Å². The summed E-state index contributed by atoms with van der Waals surface area (Å²) in [5.41, 5.74) is 1.28. The van der Waals surface area contributed by atoms with Crippen molar-refractivity contribution in [2.45, 2.75) is 18.7 Å². The van der Waals surface area contributed by atoms with Gasteiger partial charge in [-0.2, -0.15) is 0 Å². The number of sulfonamides is 1. The van der Waals surface area contributed by atoms with Crippen molar-refractivity contribution < 1.29 is 13.3 Å². The first-order valence-electron chi connectivity index (χ1n) is 8.92. The molecule has 0 amide bonds. The van der Waals surface area contributed by atoms with Crippen molar-refractivity contribution in [1.29, 1.82) is 0 Å². The second-order valence-electron chi connectivity index (χ2n) is 6.66. The number of benzene rings is 2. The van der Waals surface area contributed by atoms with Gasteiger partial charge in [0, 0.05) is 37.8 Å². The topological polar surface area (TPSA) is 83.8 Å². The molecule has 1 saturated heterocycles. The van der Waals surface area contributed by atoms with Gasteiger partial charge < -0.3 is 0 Å². The van der Waals surface area contributed by atoms with Crippen LogP contribution in [0.3, 0.4) is 0 Å². The van der Waals surface area contributed by atoms with Crippen molar-refractivity contribution in [3.05, 3.63) is 75.8 Å². The summed E-state index contributed by atoms with van der Waals surface area (Å²) >= 11 is 0. The van der Waals surface area contributed by atoms with E-state index in [0.717, 1.165) is 19.5 Å². The molecular weight excluding hydrogens is 366 g/mol. The van der Waals surface area contributed by atoms with E-state index < -0.39 is 14.9 Å². The molecule has 0 N–H and O–H groups in total. The maximum absolute atomic E-state index is 12.8. The molecular formula is C19H23N3O4S. The van der Waals surface area contributed by atoms with Crippen molar-refractivity contribution in [3.8, 4) is 0 Å².